The van der Waals surface area contributed by atoms with Gasteiger partial charge >= 0.3 is 11.9 Å². The van der Waals surface area contributed by atoms with Crippen LogP contribution in [0.2, 0.25) is 0 Å². The van der Waals surface area contributed by atoms with Crippen LogP contribution in [0.25, 0.3) is 10.8 Å². The highest BCUT2D eigenvalue weighted by atomic mass is 16.6. The standard InChI is InChI=1S/C35H45NO8/c1-24-12-13-26(20-25(24)2)10-7-5-9-19-43-32(33(35(40)41)44-23-31(37)38)34(39)36-18-8-4-6-11-27-14-15-28-16-17-30(42-3)22-29(28)21-27/h12-17,20-22,32-33H,4-11,18-19,23H2,1-3H3,(H,36,39)(H,37,38)(H,40,41). The summed E-state index contributed by atoms with van der Waals surface area (Å²) in [5.41, 5.74) is 4.99. The van der Waals surface area contributed by atoms with Crippen LogP contribution in [0.3, 0.4) is 0 Å². The van der Waals surface area contributed by atoms with E-state index in [2.05, 4.69) is 55.6 Å². The number of rotatable bonds is 20. The van der Waals surface area contributed by atoms with E-state index in [1.165, 1.54) is 22.3 Å². The molecule has 3 N–H and O–H groups in total. The number of carbonyl (C=O) groups is 3. The van der Waals surface area contributed by atoms with Gasteiger partial charge < -0.3 is 29.7 Å². The lowest BCUT2D eigenvalue weighted by Gasteiger charge is -2.23. The molecule has 2 unspecified atom stereocenters. The topological polar surface area (TPSA) is 131 Å². The van der Waals surface area contributed by atoms with Gasteiger partial charge in [-0.05, 0) is 97.5 Å². The fourth-order valence-electron chi connectivity index (χ4n) is 5.03. The Kier molecular flexibility index (Phi) is 14.1. The lowest BCUT2D eigenvalue weighted by atomic mass is 10.0. The van der Waals surface area contributed by atoms with E-state index in [1.54, 1.807) is 7.11 Å². The average Bonchev–Trinajstić information content (AvgIpc) is 3.00. The number of unbranched alkanes of at least 4 members (excludes halogenated alkanes) is 4. The van der Waals surface area contributed by atoms with Gasteiger partial charge in [-0.15, -0.1) is 0 Å². The Hall–Kier alpha value is -3.95. The van der Waals surface area contributed by atoms with Crippen molar-refractivity contribution in [1.29, 1.82) is 0 Å². The third-order valence-corrected chi connectivity index (χ3v) is 7.69. The SMILES string of the molecule is COc1ccc2ccc(CCCCCNC(=O)C(OCCCCCc3ccc(C)c(C)c3)C(OCC(=O)O)C(=O)O)cc2c1. The first-order chi connectivity index (χ1) is 21.2. The molecule has 0 aliphatic carbocycles. The first kappa shape index (κ1) is 34.5. The summed E-state index contributed by atoms with van der Waals surface area (Å²) in [6.45, 7) is 3.83. The van der Waals surface area contributed by atoms with Crippen LogP contribution in [0.4, 0.5) is 0 Å². The average molecular weight is 608 g/mol. The van der Waals surface area contributed by atoms with Gasteiger partial charge in [0, 0.05) is 13.2 Å². The Morgan fingerprint density at radius 2 is 1.41 bits per heavy atom. The lowest BCUT2D eigenvalue weighted by molar-refractivity contribution is -0.172. The lowest BCUT2D eigenvalue weighted by Crippen LogP contribution is -2.49. The van der Waals surface area contributed by atoms with Gasteiger partial charge in [0.05, 0.1) is 7.11 Å². The molecule has 0 bridgehead atoms. The van der Waals surface area contributed by atoms with E-state index in [1.807, 2.05) is 18.2 Å². The van der Waals surface area contributed by atoms with Crippen molar-refractivity contribution in [3.05, 3.63) is 76.9 Å². The Balaban J connectivity index is 1.44. The number of carboxylic acids is 2. The highest BCUT2D eigenvalue weighted by Gasteiger charge is 2.36. The molecule has 0 saturated heterocycles. The molecule has 0 radical (unpaired) electrons. The summed E-state index contributed by atoms with van der Waals surface area (Å²) in [6.07, 6.45) is 3.49. The minimum Gasteiger partial charge on any atom is -0.497 e. The number of nitrogens with one attached hydrogen (secondary N) is 1. The summed E-state index contributed by atoms with van der Waals surface area (Å²) in [5, 5.41) is 23.7. The molecule has 9 heteroatoms. The maximum absolute atomic E-state index is 13.0. The fraction of sp³-hybridized carbons (Fsp3) is 0.457. The first-order valence-electron chi connectivity index (χ1n) is 15.3. The van der Waals surface area contributed by atoms with Crippen LogP contribution >= 0.6 is 0 Å². The molecule has 44 heavy (non-hydrogen) atoms. The van der Waals surface area contributed by atoms with Gasteiger partial charge in [-0.3, -0.25) is 4.79 Å². The monoisotopic (exact) mass is 607 g/mol. The van der Waals surface area contributed by atoms with Crippen LogP contribution in [0.5, 0.6) is 5.75 Å². The van der Waals surface area contributed by atoms with E-state index in [4.69, 9.17) is 19.3 Å². The number of benzene rings is 3. The molecule has 0 aromatic heterocycles. The Labute approximate surface area is 259 Å². The summed E-state index contributed by atoms with van der Waals surface area (Å²) >= 11 is 0. The molecular formula is C35H45NO8. The van der Waals surface area contributed by atoms with Gasteiger partial charge in [0.15, 0.2) is 12.2 Å². The normalized spacial score (nSPS) is 12.5. The maximum atomic E-state index is 13.0. The second-order valence-electron chi connectivity index (χ2n) is 11.1. The molecule has 3 aromatic carbocycles. The second kappa shape index (κ2) is 18.0. The number of ether oxygens (including phenoxy) is 3. The van der Waals surface area contributed by atoms with Crippen LogP contribution in [-0.4, -0.2) is 67.1 Å². The van der Waals surface area contributed by atoms with Crippen LogP contribution < -0.4 is 10.1 Å². The zero-order chi connectivity index (χ0) is 31.9. The highest BCUT2D eigenvalue weighted by molar-refractivity contribution is 5.88. The number of hydrogen-bond acceptors (Lipinski definition) is 6. The largest absolute Gasteiger partial charge is 0.497 e. The van der Waals surface area contributed by atoms with Crippen molar-refractivity contribution in [2.24, 2.45) is 0 Å². The summed E-state index contributed by atoms with van der Waals surface area (Å²) in [6, 6.07) is 18.8. The number of hydrogen-bond donors (Lipinski definition) is 3. The zero-order valence-corrected chi connectivity index (χ0v) is 26.0. The van der Waals surface area contributed by atoms with E-state index < -0.39 is 36.7 Å². The van der Waals surface area contributed by atoms with Gasteiger partial charge in [0.1, 0.15) is 12.4 Å². The first-order valence-corrected chi connectivity index (χ1v) is 15.3. The number of methoxy groups -OCH3 is 1. The molecular weight excluding hydrogens is 562 g/mol. The van der Waals surface area contributed by atoms with Crippen molar-refractivity contribution in [2.45, 2.75) is 77.4 Å². The Morgan fingerprint density at radius 3 is 2.09 bits per heavy atom. The molecule has 0 spiro atoms. The van der Waals surface area contributed by atoms with Crippen molar-refractivity contribution in [1.82, 2.24) is 5.32 Å². The van der Waals surface area contributed by atoms with E-state index in [0.29, 0.717) is 19.4 Å². The summed E-state index contributed by atoms with van der Waals surface area (Å²) in [7, 11) is 1.65. The molecule has 0 aliphatic rings. The van der Waals surface area contributed by atoms with Gasteiger partial charge in [0.25, 0.3) is 5.91 Å². The number of aliphatic carboxylic acids is 2. The minimum absolute atomic E-state index is 0.156. The van der Waals surface area contributed by atoms with Crippen LogP contribution in [0, 0.1) is 13.8 Å². The summed E-state index contributed by atoms with van der Waals surface area (Å²) < 4.78 is 16.1. The third-order valence-electron chi connectivity index (χ3n) is 7.69. The van der Waals surface area contributed by atoms with Crippen molar-refractivity contribution in [3.63, 3.8) is 0 Å². The predicted octanol–water partition coefficient (Wildman–Crippen LogP) is 5.65. The molecule has 0 heterocycles. The van der Waals surface area contributed by atoms with E-state index in [-0.39, 0.29) is 6.61 Å². The summed E-state index contributed by atoms with van der Waals surface area (Å²) in [5.74, 6) is -2.58. The third kappa shape index (κ3) is 11.3. The number of aryl methyl sites for hydroxylation is 4. The van der Waals surface area contributed by atoms with Crippen molar-refractivity contribution in [2.75, 3.05) is 26.9 Å². The van der Waals surface area contributed by atoms with Gasteiger partial charge in [-0.25, -0.2) is 9.59 Å². The minimum atomic E-state index is -1.73. The van der Waals surface area contributed by atoms with Crippen LogP contribution in [-0.2, 0) is 36.7 Å². The Morgan fingerprint density at radius 1 is 0.727 bits per heavy atom. The van der Waals surface area contributed by atoms with Crippen molar-refractivity contribution in [3.8, 4) is 5.75 Å². The molecule has 3 aromatic rings. The van der Waals surface area contributed by atoms with Gasteiger partial charge in [-0.2, -0.15) is 0 Å². The molecule has 0 fully saturated rings. The molecule has 3 rings (SSSR count). The number of amides is 1. The van der Waals surface area contributed by atoms with Crippen molar-refractivity contribution >= 4 is 28.6 Å². The molecule has 1 amide bonds. The van der Waals surface area contributed by atoms with Crippen LogP contribution in [0.15, 0.2) is 54.6 Å². The van der Waals surface area contributed by atoms with E-state index in [9.17, 15) is 19.5 Å². The van der Waals surface area contributed by atoms with Crippen molar-refractivity contribution < 1.29 is 38.8 Å². The number of carbonyl (C=O) groups excluding carboxylic acids is 1. The quantitative estimate of drug-likeness (QED) is 0.141. The molecule has 0 aliphatic heterocycles. The van der Waals surface area contributed by atoms with E-state index in [0.717, 1.165) is 55.0 Å². The van der Waals surface area contributed by atoms with E-state index >= 15 is 0 Å². The summed E-state index contributed by atoms with van der Waals surface area (Å²) in [4.78, 5) is 35.9. The maximum Gasteiger partial charge on any atom is 0.336 e. The zero-order valence-electron chi connectivity index (χ0n) is 26.0. The number of carboxylic acid groups (broad SMARTS) is 2. The number of fused-ring (bicyclic) bond motifs is 1. The highest BCUT2D eigenvalue weighted by Crippen LogP contribution is 2.23. The van der Waals surface area contributed by atoms with Gasteiger partial charge in [-0.1, -0.05) is 55.3 Å². The smallest absolute Gasteiger partial charge is 0.336 e. The predicted molar refractivity (Wildman–Crippen MR) is 169 cm³/mol. The molecule has 238 valence electrons. The van der Waals surface area contributed by atoms with Crippen LogP contribution in [0.1, 0.15) is 60.8 Å². The second-order valence-corrected chi connectivity index (χ2v) is 11.1. The van der Waals surface area contributed by atoms with Gasteiger partial charge in [0.2, 0.25) is 0 Å². The molecule has 0 saturated carbocycles. The fourth-order valence-corrected chi connectivity index (χ4v) is 5.03. The molecule has 9 nitrogen and oxygen atoms in total. The Bertz CT molecular complexity index is 1390. The molecule has 2 atom stereocenters.